The molecular weight excluding hydrogens is 224 g/mol. The summed E-state index contributed by atoms with van der Waals surface area (Å²) in [6.45, 7) is 8.07. The minimum absolute atomic E-state index is 0.0969. The van der Waals surface area contributed by atoms with Gasteiger partial charge in [0.2, 0.25) is 5.91 Å². The molecule has 0 aromatic carbocycles. The molecule has 102 valence electrons. The predicted octanol–water partition coefficient (Wildman–Crippen LogP) is 3.40. The van der Waals surface area contributed by atoms with Crippen LogP contribution in [-0.2, 0) is 4.79 Å². The fourth-order valence-electron chi connectivity index (χ4n) is 2.94. The zero-order valence-electron chi connectivity index (χ0n) is 12.2. The van der Waals surface area contributed by atoms with Gasteiger partial charge in [-0.15, -0.1) is 0 Å². The number of hydrogen-bond acceptors (Lipinski definition) is 2. The third-order valence-electron chi connectivity index (χ3n) is 4.18. The summed E-state index contributed by atoms with van der Waals surface area (Å²) in [5.74, 6) is 0.614. The second kappa shape index (κ2) is 5.73. The highest BCUT2D eigenvalue weighted by Gasteiger charge is 2.43. The molecule has 18 heavy (non-hydrogen) atoms. The lowest BCUT2D eigenvalue weighted by Gasteiger charge is -2.33. The van der Waals surface area contributed by atoms with Gasteiger partial charge in [0.05, 0.1) is 6.07 Å². The summed E-state index contributed by atoms with van der Waals surface area (Å²) in [5.41, 5.74) is -0.939. The monoisotopic (exact) mass is 250 g/mol. The van der Waals surface area contributed by atoms with Crippen molar-refractivity contribution < 1.29 is 4.79 Å². The largest absolute Gasteiger partial charge is 0.338 e. The molecule has 1 rings (SSSR count). The highest BCUT2D eigenvalue weighted by Crippen LogP contribution is 2.43. The van der Waals surface area contributed by atoms with Crippen molar-refractivity contribution in [2.75, 3.05) is 0 Å². The van der Waals surface area contributed by atoms with Crippen molar-refractivity contribution in [3.05, 3.63) is 0 Å². The maximum absolute atomic E-state index is 12.6. The van der Waals surface area contributed by atoms with Crippen molar-refractivity contribution in [2.45, 2.75) is 71.8 Å². The van der Waals surface area contributed by atoms with Crippen LogP contribution in [0.25, 0.3) is 0 Å². The SMILES string of the molecule is CCC(C)(C#N)NC(=O)C1(CC(C)C)CCCC1. The lowest BCUT2D eigenvalue weighted by Crippen LogP contribution is -2.50. The first-order valence-electron chi connectivity index (χ1n) is 7.11. The van der Waals surface area contributed by atoms with Crippen molar-refractivity contribution in [1.29, 1.82) is 5.26 Å². The van der Waals surface area contributed by atoms with Crippen molar-refractivity contribution >= 4 is 5.91 Å². The third-order valence-corrected chi connectivity index (χ3v) is 4.18. The molecule has 1 amide bonds. The zero-order valence-corrected chi connectivity index (χ0v) is 12.2. The first-order chi connectivity index (χ1) is 8.37. The molecule has 3 nitrogen and oxygen atoms in total. The van der Waals surface area contributed by atoms with Crippen LogP contribution in [0.15, 0.2) is 0 Å². The van der Waals surface area contributed by atoms with Gasteiger partial charge in [-0.25, -0.2) is 0 Å². The first kappa shape index (κ1) is 15.0. The highest BCUT2D eigenvalue weighted by molar-refractivity contribution is 5.84. The average Bonchev–Trinajstić information content (AvgIpc) is 2.77. The Labute approximate surface area is 111 Å². The van der Waals surface area contributed by atoms with Crippen LogP contribution in [-0.4, -0.2) is 11.4 Å². The van der Waals surface area contributed by atoms with E-state index in [2.05, 4.69) is 25.2 Å². The molecule has 1 N–H and O–H groups in total. The molecule has 1 aliphatic carbocycles. The van der Waals surface area contributed by atoms with E-state index in [1.54, 1.807) is 0 Å². The van der Waals surface area contributed by atoms with Crippen LogP contribution in [0.3, 0.4) is 0 Å². The van der Waals surface area contributed by atoms with Crippen molar-refractivity contribution in [1.82, 2.24) is 5.32 Å². The topological polar surface area (TPSA) is 52.9 Å². The van der Waals surface area contributed by atoms with E-state index in [0.717, 1.165) is 32.1 Å². The normalized spacial score (nSPS) is 21.3. The molecule has 0 aromatic heterocycles. The number of carbonyl (C=O) groups is 1. The standard InChI is InChI=1S/C15H26N2O/c1-5-14(4,11-16)17-13(18)15(10-12(2)3)8-6-7-9-15/h12H,5-10H2,1-4H3,(H,17,18). The number of carbonyl (C=O) groups excluding carboxylic acids is 1. The Kier molecular flexibility index (Phi) is 4.78. The van der Waals surface area contributed by atoms with Gasteiger partial charge in [0, 0.05) is 5.41 Å². The Balaban J connectivity index is 2.82. The average molecular weight is 250 g/mol. The molecule has 0 spiro atoms. The van der Waals surface area contributed by atoms with Crippen LogP contribution in [0.4, 0.5) is 0 Å². The van der Waals surface area contributed by atoms with E-state index in [-0.39, 0.29) is 11.3 Å². The van der Waals surface area contributed by atoms with Crippen LogP contribution >= 0.6 is 0 Å². The van der Waals surface area contributed by atoms with Gasteiger partial charge in [-0.05, 0) is 38.5 Å². The fraction of sp³-hybridized carbons (Fsp3) is 0.867. The van der Waals surface area contributed by atoms with Crippen LogP contribution in [0.2, 0.25) is 0 Å². The molecular formula is C15H26N2O. The third kappa shape index (κ3) is 3.25. The number of hydrogen-bond donors (Lipinski definition) is 1. The van der Waals surface area contributed by atoms with Crippen molar-refractivity contribution in [3.8, 4) is 6.07 Å². The van der Waals surface area contributed by atoms with E-state index in [1.165, 1.54) is 0 Å². The first-order valence-corrected chi connectivity index (χ1v) is 7.11. The Morgan fingerprint density at radius 2 is 2.00 bits per heavy atom. The maximum atomic E-state index is 12.6. The molecule has 1 unspecified atom stereocenters. The quantitative estimate of drug-likeness (QED) is 0.813. The van der Waals surface area contributed by atoms with Gasteiger partial charge < -0.3 is 5.32 Å². The summed E-state index contributed by atoms with van der Waals surface area (Å²) in [6, 6.07) is 2.22. The van der Waals surface area contributed by atoms with Gasteiger partial charge in [-0.2, -0.15) is 5.26 Å². The van der Waals surface area contributed by atoms with E-state index in [9.17, 15) is 10.1 Å². The van der Waals surface area contributed by atoms with E-state index in [1.807, 2.05) is 13.8 Å². The van der Waals surface area contributed by atoms with Crippen LogP contribution in [0, 0.1) is 22.7 Å². The molecule has 1 saturated carbocycles. The second-order valence-corrected chi connectivity index (χ2v) is 6.34. The maximum Gasteiger partial charge on any atom is 0.227 e. The van der Waals surface area contributed by atoms with Gasteiger partial charge in [0.25, 0.3) is 0 Å². The number of amides is 1. The summed E-state index contributed by atoms with van der Waals surface area (Å²) in [5, 5.41) is 12.2. The molecule has 1 fully saturated rings. The van der Waals surface area contributed by atoms with Gasteiger partial charge in [-0.1, -0.05) is 33.6 Å². The predicted molar refractivity (Wildman–Crippen MR) is 72.8 cm³/mol. The molecule has 1 aliphatic rings. The molecule has 0 saturated heterocycles. The molecule has 1 atom stereocenters. The van der Waals surface area contributed by atoms with Gasteiger partial charge in [0.15, 0.2) is 0 Å². The summed E-state index contributed by atoms with van der Waals surface area (Å²) in [6.07, 6.45) is 5.80. The minimum atomic E-state index is -0.719. The van der Waals surface area contributed by atoms with Crippen LogP contribution in [0.5, 0.6) is 0 Å². The van der Waals surface area contributed by atoms with E-state index in [0.29, 0.717) is 12.3 Å². The van der Waals surface area contributed by atoms with Gasteiger partial charge in [-0.3, -0.25) is 4.79 Å². The summed E-state index contributed by atoms with van der Waals surface area (Å²) < 4.78 is 0. The zero-order chi connectivity index (χ0) is 13.8. The second-order valence-electron chi connectivity index (χ2n) is 6.34. The van der Waals surface area contributed by atoms with Crippen LogP contribution in [0.1, 0.15) is 66.2 Å². The van der Waals surface area contributed by atoms with E-state index >= 15 is 0 Å². The summed E-state index contributed by atoms with van der Waals surface area (Å²) in [4.78, 5) is 12.6. The molecule has 0 aliphatic heterocycles. The molecule has 0 aromatic rings. The number of nitrogens with zero attached hydrogens (tertiary/aromatic N) is 1. The van der Waals surface area contributed by atoms with Crippen LogP contribution < -0.4 is 5.32 Å². The minimum Gasteiger partial charge on any atom is -0.338 e. The number of rotatable bonds is 5. The van der Waals surface area contributed by atoms with Gasteiger partial charge in [0.1, 0.15) is 5.54 Å². The Bertz CT molecular complexity index is 337. The lowest BCUT2D eigenvalue weighted by molar-refractivity contribution is -0.133. The Morgan fingerprint density at radius 3 is 2.39 bits per heavy atom. The Hall–Kier alpha value is -1.04. The molecule has 3 heteroatoms. The highest BCUT2D eigenvalue weighted by atomic mass is 16.2. The molecule has 0 heterocycles. The van der Waals surface area contributed by atoms with Crippen molar-refractivity contribution in [2.24, 2.45) is 11.3 Å². The summed E-state index contributed by atoms with van der Waals surface area (Å²) >= 11 is 0. The molecule has 0 radical (unpaired) electrons. The fourth-order valence-corrected chi connectivity index (χ4v) is 2.94. The number of nitriles is 1. The van der Waals surface area contributed by atoms with E-state index < -0.39 is 5.54 Å². The lowest BCUT2D eigenvalue weighted by atomic mass is 9.77. The van der Waals surface area contributed by atoms with Gasteiger partial charge >= 0.3 is 0 Å². The smallest absolute Gasteiger partial charge is 0.227 e. The van der Waals surface area contributed by atoms with Crippen molar-refractivity contribution in [3.63, 3.8) is 0 Å². The molecule has 0 bridgehead atoms. The Morgan fingerprint density at radius 1 is 1.44 bits per heavy atom. The number of nitrogens with one attached hydrogen (secondary N) is 1. The summed E-state index contributed by atoms with van der Waals surface area (Å²) in [7, 11) is 0. The van der Waals surface area contributed by atoms with E-state index in [4.69, 9.17) is 0 Å².